The zero-order valence-electron chi connectivity index (χ0n) is 19.3. The van der Waals surface area contributed by atoms with Gasteiger partial charge in [-0.3, -0.25) is 14.1 Å². The molecule has 0 spiro atoms. The standard InChI is InChI=1S/C27H35N5O/c28-23-13-14-31(17-23)18-24-19-32-25(11-6-12-26(32)30-24)27(33)29-16-22(15-20-7-4-5-8-20)21-9-2-1-3-10-21/h1-3,6,9-12,19-20,22-23H,4-5,7-8,13-18,28H2,(H,29,33)/t22?,23-/m1/s1. The minimum Gasteiger partial charge on any atom is -0.350 e. The van der Waals surface area contributed by atoms with E-state index < -0.39 is 0 Å². The van der Waals surface area contributed by atoms with E-state index in [0.717, 1.165) is 49.7 Å². The third-order valence-electron chi connectivity index (χ3n) is 7.34. The number of nitrogens with one attached hydrogen (secondary N) is 1. The van der Waals surface area contributed by atoms with E-state index in [4.69, 9.17) is 10.7 Å². The molecule has 33 heavy (non-hydrogen) atoms. The van der Waals surface area contributed by atoms with Crippen LogP contribution in [-0.2, 0) is 6.54 Å². The molecule has 2 aromatic heterocycles. The highest BCUT2D eigenvalue weighted by atomic mass is 16.1. The van der Waals surface area contributed by atoms with Crippen molar-refractivity contribution in [2.45, 2.75) is 57.0 Å². The maximum absolute atomic E-state index is 13.2. The molecule has 1 aliphatic carbocycles. The van der Waals surface area contributed by atoms with Gasteiger partial charge in [-0.2, -0.15) is 0 Å². The van der Waals surface area contributed by atoms with Gasteiger partial charge in [0.1, 0.15) is 11.3 Å². The lowest BCUT2D eigenvalue weighted by Crippen LogP contribution is -2.30. The summed E-state index contributed by atoms with van der Waals surface area (Å²) in [5.74, 6) is 1.07. The molecule has 1 saturated heterocycles. The minimum atomic E-state index is -0.0416. The van der Waals surface area contributed by atoms with Crippen molar-refractivity contribution in [1.29, 1.82) is 0 Å². The predicted octanol–water partition coefficient (Wildman–Crippen LogP) is 3.96. The van der Waals surface area contributed by atoms with Crippen LogP contribution in [0.1, 0.15) is 66.2 Å². The number of fused-ring (bicyclic) bond motifs is 1. The Morgan fingerprint density at radius 2 is 1.91 bits per heavy atom. The number of imidazole rings is 1. The summed E-state index contributed by atoms with van der Waals surface area (Å²) in [4.78, 5) is 20.3. The summed E-state index contributed by atoms with van der Waals surface area (Å²) in [6.07, 6.45) is 9.49. The quantitative estimate of drug-likeness (QED) is 0.550. The number of nitrogens with two attached hydrogens (primary N) is 1. The third-order valence-corrected chi connectivity index (χ3v) is 7.34. The molecule has 1 aromatic carbocycles. The van der Waals surface area contributed by atoms with Crippen LogP contribution in [0.3, 0.4) is 0 Å². The SMILES string of the molecule is N[C@@H]1CCN(Cc2cn3c(C(=O)NCC(CC4CCCC4)c4ccccc4)cccc3n2)C1. The Hall–Kier alpha value is -2.70. The highest BCUT2D eigenvalue weighted by Crippen LogP contribution is 2.34. The number of rotatable bonds is 8. The normalized spacial score (nSPS) is 20.5. The van der Waals surface area contributed by atoms with Gasteiger partial charge in [-0.1, -0.05) is 62.1 Å². The molecule has 6 nitrogen and oxygen atoms in total. The number of aromatic nitrogens is 2. The van der Waals surface area contributed by atoms with Crippen LogP contribution in [0.15, 0.2) is 54.7 Å². The molecule has 3 heterocycles. The third kappa shape index (κ3) is 5.28. The largest absolute Gasteiger partial charge is 0.350 e. The molecular formula is C27H35N5O. The highest BCUT2D eigenvalue weighted by Gasteiger charge is 2.23. The summed E-state index contributed by atoms with van der Waals surface area (Å²) in [5, 5.41) is 3.24. The smallest absolute Gasteiger partial charge is 0.268 e. The second kappa shape index (κ2) is 10.1. The van der Waals surface area contributed by atoms with Crippen LogP contribution in [0.2, 0.25) is 0 Å². The Morgan fingerprint density at radius 1 is 1.09 bits per heavy atom. The van der Waals surface area contributed by atoms with Gasteiger partial charge in [0.05, 0.1) is 5.69 Å². The first kappa shape index (κ1) is 22.1. The minimum absolute atomic E-state index is 0.0416. The summed E-state index contributed by atoms with van der Waals surface area (Å²) in [7, 11) is 0. The zero-order valence-corrected chi connectivity index (χ0v) is 19.3. The molecule has 0 radical (unpaired) electrons. The predicted molar refractivity (Wildman–Crippen MR) is 131 cm³/mol. The molecule has 2 fully saturated rings. The van der Waals surface area contributed by atoms with Gasteiger partial charge >= 0.3 is 0 Å². The first-order valence-corrected chi connectivity index (χ1v) is 12.4. The van der Waals surface area contributed by atoms with Crippen molar-refractivity contribution in [1.82, 2.24) is 19.6 Å². The number of likely N-dealkylation sites (tertiary alicyclic amines) is 1. The summed E-state index contributed by atoms with van der Waals surface area (Å²) < 4.78 is 1.93. The van der Waals surface area contributed by atoms with Gasteiger partial charge in [0, 0.05) is 44.3 Å². The lowest BCUT2D eigenvalue weighted by molar-refractivity contribution is 0.0943. The number of carbonyl (C=O) groups excluding carboxylic acids is 1. The fourth-order valence-electron chi connectivity index (χ4n) is 5.58. The fraction of sp³-hybridized carbons (Fsp3) is 0.481. The van der Waals surface area contributed by atoms with E-state index in [1.807, 2.05) is 28.8 Å². The molecule has 1 unspecified atom stereocenters. The average Bonchev–Trinajstić information content (AvgIpc) is 3.58. The van der Waals surface area contributed by atoms with Gasteiger partial charge in [0.25, 0.3) is 5.91 Å². The van der Waals surface area contributed by atoms with Crippen LogP contribution in [0.25, 0.3) is 5.65 Å². The van der Waals surface area contributed by atoms with Gasteiger partial charge in [-0.25, -0.2) is 4.98 Å². The number of pyridine rings is 1. The molecule has 1 amide bonds. The van der Waals surface area contributed by atoms with Gasteiger partial charge in [-0.15, -0.1) is 0 Å². The number of nitrogens with zero attached hydrogens (tertiary/aromatic N) is 3. The lowest BCUT2D eigenvalue weighted by Gasteiger charge is -2.22. The van der Waals surface area contributed by atoms with E-state index in [-0.39, 0.29) is 11.9 Å². The Kier molecular flexibility index (Phi) is 6.74. The van der Waals surface area contributed by atoms with Crippen molar-refractivity contribution in [3.8, 4) is 0 Å². The Bertz CT molecular complexity index is 1070. The van der Waals surface area contributed by atoms with Gasteiger partial charge < -0.3 is 11.1 Å². The van der Waals surface area contributed by atoms with E-state index >= 15 is 0 Å². The molecule has 3 aromatic rings. The van der Waals surface area contributed by atoms with Crippen LogP contribution in [0.4, 0.5) is 0 Å². The van der Waals surface area contributed by atoms with E-state index in [0.29, 0.717) is 18.2 Å². The zero-order chi connectivity index (χ0) is 22.6. The van der Waals surface area contributed by atoms with Crippen molar-refractivity contribution in [2.75, 3.05) is 19.6 Å². The van der Waals surface area contributed by atoms with E-state index in [2.05, 4.69) is 40.5 Å². The van der Waals surface area contributed by atoms with Crippen molar-refractivity contribution in [3.05, 3.63) is 71.7 Å². The molecule has 1 aliphatic heterocycles. The summed E-state index contributed by atoms with van der Waals surface area (Å²) in [5.41, 5.74) is 9.79. The number of benzene rings is 1. The second-order valence-corrected chi connectivity index (χ2v) is 9.86. The molecular weight excluding hydrogens is 410 g/mol. The number of amides is 1. The molecule has 1 saturated carbocycles. The molecule has 2 aliphatic rings. The van der Waals surface area contributed by atoms with Crippen molar-refractivity contribution >= 4 is 11.6 Å². The van der Waals surface area contributed by atoms with Gasteiger partial charge in [0.15, 0.2) is 0 Å². The van der Waals surface area contributed by atoms with E-state index in [9.17, 15) is 4.79 Å². The number of hydrogen-bond donors (Lipinski definition) is 2. The van der Waals surface area contributed by atoms with Crippen molar-refractivity contribution < 1.29 is 4.79 Å². The molecule has 174 valence electrons. The average molecular weight is 446 g/mol. The number of carbonyl (C=O) groups is 1. The molecule has 6 heteroatoms. The Morgan fingerprint density at radius 3 is 2.67 bits per heavy atom. The molecule has 0 bridgehead atoms. The topological polar surface area (TPSA) is 75.7 Å². The maximum Gasteiger partial charge on any atom is 0.268 e. The molecule has 3 N–H and O–H groups in total. The Labute approximate surface area is 196 Å². The fourth-order valence-corrected chi connectivity index (χ4v) is 5.58. The first-order chi connectivity index (χ1) is 16.2. The second-order valence-electron chi connectivity index (χ2n) is 9.86. The van der Waals surface area contributed by atoms with Gasteiger partial charge in [-0.05, 0) is 36.5 Å². The van der Waals surface area contributed by atoms with Crippen molar-refractivity contribution in [2.24, 2.45) is 11.7 Å². The summed E-state index contributed by atoms with van der Waals surface area (Å²) in [6, 6.07) is 16.7. The monoisotopic (exact) mass is 445 g/mol. The molecule has 2 atom stereocenters. The van der Waals surface area contributed by atoms with Crippen LogP contribution >= 0.6 is 0 Å². The number of hydrogen-bond acceptors (Lipinski definition) is 4. The first-order valence-electron chi connectivity index (χ1n) is 12.4. The van der Waals surface area contributed by atoms with Crippen molar-refractivity contribution in [3.63, 3.8) is 0 Å². The van der Waals surface area contributed by atoms with Crippen LogP contribution in [-0.4, -0.2) is 45.9 Å². The lowest BCUT2D eigenvalue weighted by atomic mass is 9.88. The molecule has 5 rings (SSSR count). The van der Waals surface area contributed by atoms with Crippen LogP contribution in [0.5, 0.6) is 0 Å². The summed E-state index contributed by atoms with van der Waals surface area (Å²) >= 11 is 0. The Balaban J connectivity index is 1.29. The van der Waals surface area contributed by atoms with E-state index in [1.54, 1.807) is 0 Å². The van der Waals surface area contributed by atoms with Crippen LogP contribution < -0.4 is 11.1 Å². The van der Waals surface area contributed by atoms with Crippen LogP contribution in [0, 0.1) is 5.92 Å². The maximum atomic E-state index is 13.2. The summed E-state index contributed by atoms with van der Waals surface area (Å²) in [6.45, 7) is 3.34. The van der Waals surface area contributed by atoms with Gasteiger partial charge in [0.2, 0.25) is 0 Å². The van der Waals surface area contributed by atoms with E-state index in [1.165, 1.54) is 31.2 Å². The highest BCUT2D eigenvalue weighted by molar-refractivity contribution is 5.93.